The summed E-state index contributed by atoms with van der Waals surface area (Å²) in [5, 5.41) is 22.2. The van der Waals surface area contributed by atoms with Crippen LogP contribution in [0.1, 0.15) is 17.2 Å². The number of benzene rings is 1. The number of nitrogens with zero attached hydrogens (tertiary/aromatic N) is 2. The Morgan fingerprint density at radius 1 is 1.47 bits per heavy atom. The molecule has 0 amide bonds. The SMILES string of the molecule is C=C[C@@H](c1ccc(F)c(C#N)c1O)N1CCNCC1. The first-order valence-corrected chi connectivity index (χ1v) is 6.17. The third-order valence-electron chi connectivity index (χ3n) is 3.36. The molecule has 1 aliphatic rings. The second-order valence-corrected chi connectivity index (χ2v) is 4.44. The molecule has 2 N–H and O–H groups in total. The van der Waals surface area contributed by atoms with E-state index in [2.05, 4.69) is 16.8 Å². The number of hydrogen-bond acceptors (Lipinski definition) is 4. The summed E-state index contributed by atoms with van der Waals surface area (Å²) in [7, 11) is 0. The van der Waals surface area contributed by atoms with Crippen molar-refractivity contribution in [2.24, 2.45) is 0 Å². The van der Waals surface area contributed by atoms with Crippen molar-refractivity contribution in [1.82, 2.24) is 10.2 Å². The van der Waals surface area contributed by atoms with Gasteiger partial charge in [-0.3, -0.25) is 4.90 Å². The monoisotopic (exact) mass is 261 g/mol. The smallest absolute Gasteiger partial charge is 0.144 e. The zero-order chi connectivity index (χ0) is 13.8. The number of halogens is 1. The summed E-state index contributed by atoms with van der Waals surface area (Å²) in [6.45, 7) is 7.13. The summed E-state index contributed by atoms with van der Waals surface area (Å²) in [6, 6.07) is 4.21. The number of nitriles is 1. The molecular weight excluding hydrogens is 245 g/mol. The predicted molar refractivity (Wildman–Crippen MR) is 70.2 cm³/mol. The van der Waals surface area contributed by atoms with Crippen LogP contribution < -0.4 is 5.32 Å². The van der Waals surface area contributed by atoms with E-state index in [0.29, 0.717) is 5.56 Å². The van der Waals surface area contributed by atoms with E-state index in [4.69, 9.17) is 5.26 Å². The predicted octanol–water partition coefficient (Wildman–Crippen LogP) is 1.54. The Bertz CT molecular complexity index is 518. The molecule has 0 bridgehead atoms. The summed E-state index contributed by atoms with van der Waals surface area (Å²) < 4.78 is 13.4. The van der Waals surface area contributed by atoms with Crippen LogP contribution in [0.2, 0.25) is 0 Å². The Kier molecular flexibility index (Phi) is 4.15. The zero-order valence-corrected chi connectivity index (χ0v) is 10.6. The molecule has 0 aromatic heterocycles. The van der Waals surface area contributed by atoms with Crippen molar-refractivity contribution in [3.8, 4) is 11.8 Å². The van der Waals surface area contributed by atoms with Crippen molar-refractivity contribution in [3.05, 3.63) is 41.7 Å². The minimum atomic E-state index is -0.702. The maximum atomic E-state index is 13.4. The topological polar surface area (TPSA) is 59.3 Å². The Labute approximate surface area is 111 Å². The second-order valence-electron chi connectivity index (χ2n) is 4.44. The number of piperazine rings is 1. The molecule has 0 aliphatic carbocycles. The van der Waals surface area contributed by atoms with Gasteiger partial charge in [0.2, 0.25) is 0 Å². The van der Waals surface area contributed by atoms with Crippen LogP contribution in [0.25, 0.3) is 0 Å². The van der Waals surface area contributed by atoms with Crippen molar-refractivity contribution >= 4 is 0 Å². The normalized spacial score (nSPS) is 17.7. The molecule has 0 unspecified atom stereocenters. The maximum absolute atomic E-state index is 13.4. The molecule has 5 heteroatoms. The van der Waals surface area contributed by atoms with E-state index in [1.165, 1.54) is 12.1 Å². The van der Waals surface area contributed by atoms with Gasteiger partial charge in [-0.2, -0.15) is 5.26 Å². The number of rotatable bonds is 3. The van der Waals surface area contributed by atoms with Crippen molar-refractivity contribution < 1.29 is 9.50 Å². The van der Waals surface area contributed by atoms with Crippen LogP contribution in [0.5, 0.6) is 5.75 Å². The van der Waals surface area contributed by atoms with E-state index in [1.54, 1.807) is 12.1 Å². The standard InChI is InChI=1S/C14H16FN3O/c1-2-13(18-7-5-17-6-8-18)10-3-4-12(15)11(9-16)14(10)19/h2-4,13,17,19H,1,5-8H2/t13-/m0/s1. The Balaban J connectivity index is 2.38. The van der Waals surface area contributed by atoms with Crippen LogP contribution >= 0.6 is 0 Å². The van der Waals surface area contributed by atoms with Crippen molar-refractivity contribution in [2.45, 2.75) is 6.04 Å². The summed E-state index contributed by atoms with van der Waals surface area (Å²) >= 11 is 0. The number of phenolic OH excluding ortho intramolecular Hbond substituents is 1. The third-order valence-corrected chi connectivity index (χ3v) is 3.36. The lowest BCUT2D eigenvalue weighted by Gasteiger charge is -2.33. The highest BCUT2D eigenvalue weighted by molar-refractivity contribution is 5.50. The van der Waals surface area contributed by atoms with Gasteiger partial charge in [-0.1, -0.05) is 12.1 Å². The van der Waals surface area contributed by atoms with Gasteiger partial charge in [0, 0.05) is 31.7 Å². The Morgan fingerprint density at radius 2 is 2.16 bits per heavy atom. The van der Waals surface area contributed by atoms with Gasteiger partial charge in [0.25, 0.3) is 0 Å². The molecule has 1 aromatic rings. The fraction of sp³-hybridized carbons (Fsp3) is 0.357. The van der Waals surface area contributed by atoms with Gasteiger partial charge in [-0.25, -0.2) is 4.39 Å². The molecule has 100 valence electrons. The molecule has 1 fully saturated rings. The minimum Gasteiger partial charge on any atom is -0.506 e. The number of nitrogens with one attached hydrogen (secondary N) is 1. The highest BCUT2D eigenvalue weighted by atomic mass is 19.1. The van der Waals surface area contributed by atoms with Crippen LogP contribution in [-0.4, -0.2) is 36.2 Å². The lowest BCUT2D eigenvalue weighted by atomic mass is 10.00. The summed E-state index contributed by atoms with van der Waals surface area (Å²) in [4.78, 5) is 2.14. The lowest BCUT2D eigenvalue weighted by molar-refractivity contribution is 0.200. The first-order valence-electron chi connectivity index (χ1n) is 6.17. The molecule has 1 aliphatic heterocycles. The highest BCUT2D eigenvalue weighted by Gasteiger charge is 2.24. The summed E-state index contributed by atoms with van der Waals surface area (Å²) in [5.74, 6) is -0.988. The van der Waals surface area contributed by atoms with Crippen molar-refractivity contribution in [1.29, 1.82) is 5.26 Å². The molecule has 1 heterocycles. The van der Waals surface area contributed by atoms with Crippen molar-refractivity contribution in [3.63, 3.8) is 0 Å². The molecule has 1 saturated heterocycles. The van der Waals surface area contributed by atoms with E-state index in [9.17, 15) is 9.50 Å². The van der Waals surface area contributed by atoms with Gasteiger partial charge in [0.15, 0.2) is 0 Å². The van der Waals surface area contributed by atoms with E-state index < -0.39 is 5.82 Å². The fourth-order valence-corrected chi connectivity index (χ4v) is 2.36. The largest absolute Gasteiger partial charge is 0.506 e. The first-order chi connectivity index (χ1) is 9.19. The van der Waals surface area contributed by atoms with Gasteiger partial charge in [-0.15, -0.1) is 6.58 Å². The van der Waals surface area contributed by atoms with Gasteiger partial charge in [0.05, 0.1) is 6.04 Å². The van der Waals surface area contributed by atoms with Gasteiger partial charge < -0.3 is 10.4 Å². The molecule has 0 saturated carbocycles. The average molecular weight is 261 g/mol. The molecule has 2 rings (SSSR count). The second kappa shape index (κ2) is 5.83. The number of phenols is 1. The van der Waals surface area contributed by atoms with Gasteiger partial charge in [0.1, 0.15) is 23.2 Å². The average Bonchev–Trinajstić information content (AvgIpc) is 2.44. The van der Waals surface area contributed by atoms with Gasteiger partial charge in [-0.05, 0) is 6.07 Å². The molecule has 4 nitrogen and oxygen atoms in total. The fourth-order valence-electron chi connectivity index (χ4n) is 2.36. The maximum Gasteiger partial charge on any atom is 0.144 e. The Hall–Kier alpha value is -1.90. The van der Waals surface area contributed by atoms with Crippen LogP contribution in [0.15, 0.2) is 24.8 Å². The quantitative estimate of drug-likeness (QED) is 0.810. The summed E-state index contributed by atoms with van der Waals surface area (Å²) in [5.41, 5.74) is 0.217. The van der Waals surface area contributed by atoms with E-state index >= 15 is 0 Å². The first kappa shape index (κ1) is 13.5. The highest BCUT2D eigenvalue weighted by Crippen LogP contribution is 2.33. The Morgan fingerprint density at radius 3 is 2.74 bits per heavy atom. The van der Waals surface area contributed by atoms with Crippen LogP contribution in [0.4, 0.5) is 4.39 Å². The molecule has 1 atom stereocenters. The van der Waals surface area contributed by atoms with Crippen LogP contribution in [0, 0.1) is 17.1 Å². The number of hydrogen-bond donors (Lipinski definition) is 2. The molecule has 0 spiro atoms. The van der Waals surface area contributed by atoms with E-state index in [-0.39, 0.29) is 17.4 Å². The summed E-state index contributed by atoms with van der Waals surface area (Å²) in [6.07, 6.45) is 1.71. The van der Waals surface area contributed by atoms with Crippen LogP contribution in [-0.2, 0) is 0 Å². The van der Waals surface area contributed by atoms with Crippen molar-refractivity contribution in [2.75, 3.05) is 26.2 Å². The molecule has 0 radical (unpaired) electrons. The lowest BCUT2D eigenvalue weighted by Crippen LogP contribution is -2.44. The third kappa shape index (κ3) is 2.60. The van der Waals surface area contributed by atoms with Gasteiger partial charge >= 0.3 is 0 Å². The van der Waals surface area contributed by atoms with E-state index in [0.717, 1.165) is 26.2 Å². The molecule has 19 heavy (non-hydrogen) atoms. The molecular formula is C14H16FN3O. The van der Waals surface area contributed by atoms with Crippen LogP contribution in [0.3, 0.4) is 0 Å². The number of aromatic hydroxyl groups is 1. The van der Waals surface area contributed by atoms with E-state index in [1.807, 2.05) is 0 Å². The zero-order valence-electron chi connectivity index (χ0n) is 10.6. The molecule has 1 aromatic carbocycles. The minimum absolute atomic E-state index is 0.213.